The zero-order valence-electron chi connectivity index (χ0n) is 17.3. The van der Waals surface area contributed by atoms with Crippen molar-refractivity contribution < 1.29 is 42.6 Å². The molecule has 11 heteroatoms. The average Bonchev–Trinajstić information content (AvgIpc) is 2.75. The average molecular weight is 467 g/mol. The lowest BCUT2D eigenvalue weighted by Crippen LogP contribution is -2.40. The van der Waals surface area contributed by atoms with Gasteiger partial charge in [0.25, 0.3) is 5.69 Å². The number of halogens is 3. The zero-order valence-corrected chi connectivity index (χ0v) is 17.3. The second-order valence-electron chi connectivity index (χ2n) is 7.24. The number of rotatable bonds is 10. The van der Waals surface area contributed by atoms with Crippen LogP contribution in [-0.2, 0) is 15.8 Å². The molecule has 0 aliphatic carbocycles. The van der Waals surface area contributed by atoms with Crippen molar-refractivity contribution in [3.63, 3.8) is 0 Å². The molecule has 33 heavy (non-hydrogen) atoms. The van der Waals surface area contributed by atoms with Crippen LogP contribution in [0.15, 0.2) is 55.1 Å². The van der Waals surface area contributed by atoms with Crippen LogP contribution in [0.5, 0.6) is 5.75 Å². The summed E-state index contributed by atoms with van der Waals surface area (Å²) in [7, 11) is 1.37. The van der Waals surface area contributed by atoms with E-state index in [1.165, 1.54) is 31.4 Å². The molecule has 0 amide bonds. The van der Waals surface area contributed by atoms with Gasteiger partial charge in [-0.05, 0) is 42.7 Å². The number of aliphatic carboxylic acids is 2. The molecule has 0 radical (unpaired) electrons. The highest BCUT2D eigenvalue weighted by Crippen LogP contribution is 2.44. The normalized spacial score (nSPS) is 12.6. The van der Waals surface area contributed by atoms with E-state index in [-0.39, 0.29) is 5.56 Å². The summed E-state index contributed by atoms with van der Waals surface area (Å²) in [5.74, 6) is -4.51. The van der Waals surface area contributed by atoms with Crippen molar-refractivity contribution in [2.24, 2.45) is 5.41 Å². The van der Waals surface area contributed by atoms with Crippen LogP contribution in [0.3, 0.4) is 0 Å². The van der Waals surface area contributed by atoms with Gasteiger partial charge in [0.15, 0.2) is 5.41 Å². The molecule has 1 atom stereocenters. The quantitative estimate of drug-likeness (QED) is 0.221. The van der Waals surface area contributed by atoms with Crippen molar-refractivity contribution in [1.82, 2.24) is 0 Å². The number of hydrogen-bond donors (Lipinski definition) is 2. The maximum absolute atomic E-state index is 13.4. The second kappa shape index (κ2) is 9.72. The van der Waals surface area contributed by atoms with Gasteiger partial charge in [-0.15, -0.1) is 6.58 Å². The van der Waals surface area contributed by atoms with Crippen LogP contribution in [0.25, 0.3) is 0 Å². The number of benzene rings is 2. The van der Waals surface area contributed by atoms with Gasteiger partial charge in [0, 0.05) is 17.5 Å². The number of allylic oxidation sites excluding steroid dienone is 1. The highest BCUT2D eigenvalue weighted by molar-refractivity contribution is 5.98. The van der Waals surface area contributed by atoms with Crippen LogP contribution in [0.1, 0.15) is 35.4 Å². The van der Waals surface area contributed by atoms with Crippen LogP contribution in [0, 0.1) is 15.5 Å². The number of alkyl halides is 3. The molecule has 0 spiro atoms. The molecule has 0 aromatic heterocycles. The molecule has 8 nitrogen and oxygen atoms in total. The van der Waals surface area contributed by atoms with Gasteiger partial charge in [0.2, 0.25) is 0 Å². The van der Waals surface area contributed by atoms with E-state index in [1.807, 2.05) is 0 Å². The van der Waals surface area contributed by atoms with E-state index in [1.54, 1.807) is 0 Å². The summed E-state index contributed by atoms with van der Waals surface area (Å²) >= 11 is 0. The third-order valence-corrected chi connectivity index (χ3v) is 5.31. The summed E-state index contributed by atoms with van der Waals surface area (Å²) in [4.78, 5) is 34.8. The van der Waals surface area contributed by atoms with Gasteiger partial charge in [0.1, 0.15) is 5.75 Å². The SMILES string of the molecule is C=CCC(CC(c1ccc(OC)cc1)c1cc(C(F)(F)F)ccc1[N+](=O)[O-])(C(=O)O)C(=O)O. The maximum Gasteiger partial charge on any atom is 0.416 e. The van der Waals surface area contributed by atoms with Gasteiger partial charge in [-0.2, -0.15) is 13.2 Å². The minimum absolute atomic E-state index is 0.175. The number of carboxylic acids is 2. The summed E-state index contributed by atoms with van der Waals surface area (Å²) in [5, 5.41) is 31.1. The fourth-order valence-corrected chi connectivity index (χ4v) is 3.54. The summed E-state index contributed by atoms with van der Waals surface area (Å²) in [6, 6.07) is 7.39. The van der Waals surface area contributed by atoms with Crippen LogP contribution >= 0.6 is 0 Å². The van der Waals surface area contributed by atoms with Crippen LogP contribution in [0.2, 0.25) is 0 Å². The predicted molar refractivity (Wildman–Crippen MR) is 110 cm³/mol. The van der Waals surface area contributed by atoms with Gasteiger partial charge >= 0.3 is 18.1 Å². The molecule has 0 aliphatic rings. The van der Waals surface area contributed by atoms with Crippen molar-refractivity contribution in [2.75, 3.05) is 7.11 Å². The van der Waals surface area contributed by atoms with Crippen molar-refractivity contribution in [2.45, 2.75) is 24.9 Å². The molecule has 0 bridgehead atoms. The molecule has 0 aliphatic heterocycles. The number of nitrogens with zero attached hydrogens (tertiary/aromatic N) is 1. The first-order valence-corrected chi connectivity index (χ1v) is 9.44. The van der Waals surface area contributed by atoms with Crippen LogP contribution < -0.4 is 4.74 Å². The molecule has 0 heterocycles. The Morgan fingerprint density at radius 2 is 1.73 bits per heavy atom. The predicted octanol–water partition coefficient (Wildman–Crippen LogP) is 4.88. The molecule has 0 fully saturated rings. The Balaban J connectivity index is 2.85. The van der Waals surface area contributed by atoms with Gasteiger partial charge in [-0.3, -0.25) is 19.7 Å². The Bertz CT molecular complexity index is 1050. The maximum atomic E-state index is 13.4. The first kappa shape index (κ1) is 25.4. The molecule has 2 N–H and O–H groups in total. The lowest BCUT2D eigenvalue weighted by atomic mass is 9.72. The first-order chi connectivity index (χ1) is 15.4. The van der Waals surface area contributed by atoms with Crippen molar-refractivity contribution in [1.29, 1.82) is 0 Å². The molecule has 0 saturated carbocycles. The summed E-state index contributed by atoms with van der Waals surface area (Å²) in [6.07, 6.45) is -5.10. The Morgan fingerprint density at radius 1 is 1.15 bits per heavy atom. The molecule has 2 aromatic carbocycles. The third-order valence-electron chi connectivity index (χ3n) is 5.31. The van der Waals surface area contributed by atoms with Crippen LogP contribution in [-0.4, -0.2) is 34.2 Å². The van der Waals surface area contributed by atoms with Gasteiger partial charge < -0.3 is 14.9 Å². The van der Waals surface area contributed by atoms with Gasteiger partial charge in [0.05, 0.1) is 17.6 Å². The van der Waals surface area contributed by atoms with E-state index in [9.17, 15) is 43.1 Å². The van der Waals surface area contributed by atoms with Crippen LogP contribution in [0.4, 0.5) is 18.9 Å². The highest BCUT2D eigenvalue weighted by atomic mass is 19.4. The lowest BCUT2D eigenvalue weighted by Gasteiger charge is -2.29. The summed E-state index contributed by atoms with van der Waals surface area (Å²) in [5.41, 5.74) is -4.67. The van der Waals surface area contributed by atoms with Crippen molar-refractivity contribution in [3.05, 3.63) is 81.9 Å². The first-order valence-electron chi connectivity index (χ1n) is 9.44. The monoisotopic (exact) mass is 467 g/mol. The molecular formula is C22H20F3NO7. The number of nitro groups is 1. The zero-order chi connectivity index (χ0) is 25.0. The van der Waals surface area contributed by atoms with E-state index >= 15 is 0 Å². The third kappa shape index (κ3) is 5.30. The number of nitro benzene ring substituents is 1. The Labute approximate surface area is 186 Å². The fraction of sp³-hybridized carbons (Fsp3) is 0.273. The molecule has 2 aromatic rings. The minimum Gasteiger partial charge on any atom is -0.497 e. The standard InChI is InChI=1S/C22H20F3NO7/c1-3-10-21(19(27)28,20(29)30)12-17(13-4-7-15(33-2)8-5-13)16-11-14(22(23,24)25)6-9-18(16)26(31)32/h3-9,11,17H,1,10,12H2,2H3,(H,27,28)(H,29,30). The highest BCUT2D eigenvalue weighted by Gasteiger charge is 2.48. The van der Waals surface area contributed by atoms with E-state index in [0.29, 0.717) is 23.9 Å². The number of methoxy groups -OCH3 is 1. The molecular weight excluding hydrogens is 447 g/mol. The number of hydrogen-bond acceptors (Lipinski definition) is 5. The largest absolute Gasteiger partial charge is 0.497 e. The lowest BCUT2D eigenvalue weighted by molar-refractivity contribution is -0.385. The minimum atomic E-state index is -4.84. The number of ether oxygens (including phenoxy) is 1. The number of carbonyl (C=O) groups is 2. The van der Waals surface area contributed by atoms with E-state index < -0.39 is 64.0 Å². The Hall–Kier alpha value is -3.89. The van der Waals surface area contributed by atoms with Crippen molar-refractivity contribution >= 4 is 17.6 Å². The smallest absolute Gasteiger partial charge is 0.416 e. The Morgan fingerprint density at radius 3 is 2.15 bits per heavy atom. The fourth-order valence-electron chi connectivity index (χ4n) is 3.54. The Kier molecular flexibility index (Phi) is 7.47. The van der Waals surface area contributed by atoms with Crippen molar-refractivity contribution in [3.8, 4) is 5.75 Å². The van der Waals surface area contributed by atoms with Gasteiger partial charge in [-0.1, -0.05) is 18.2 Å². The molecule has 1 unspecified atom stereocenters. The second-order valence-corrected chi connectivity index (χ2v) is 7.24. The summed E-state index contributed by atoms with van der Waals surface area (Å²) in [6.45, 7) is 3.38. The topological polar surface area (TPSA) is 127 Å². The molecule has 2 rings (SSSR count). The van der Waals surface area contributed by atoms with Gasteiger partial charge in [-0.25, -0.2) is 0 Å². The summed E-state index contributed by atoms with van der Waals surface area (Å²) < 4.78 is 45.2. The molecule has 0 saturated heterocycles. The van der Waals surface area contributed by atoms with E-state index in [4.69, 9.17) is 4.74 Å². The molecule has 176 valence electrons. The number of carboxylic acid groups (broad SMARTS) is 2. The van der Waals surface area contributed by atoms with E-state index in [0.717, 1.165) is 6.08 Å². The van der Waals surface area contributed by atoms with E-state index in [2.05, 4.69) is 6.58 Å².